The van der Waals surface area contributed by atoms with E-state index in [0.717, 1.165) is 33.8 Å². The lowest BCUT2D eigenvalue weighted by Gasteiger charge is -2.18. The summed E-state index contributed by atoms with van der Waals surface area (Å²) in [6, 6.07) is 23.0. The summed E-state index contributed by atoms with van der Waals surface area (Å²) < 4.78 is 37.4. The third-order valence-electron chi connectivity index (χ3n) is 5.21. The Labute approximate surface area is 178 Å². The van der Waals surface area contributed by atoms with Crippen molar-refractivity contribution in [2.45, 2.75) is 10.8 Å². The highest BCUT2D eigenvalue weighted by Gasteiger charge is 2.24. The number of rotatable bonds is 6. The van der Waals surface area contributed by atoms with Crippen molar-refractivity contribution in [1.29, 1.82) is 0 Å². The molecule has 5 aromatic rings. The maximum absolute atomic E-state index is 13.1. The predicted octanol–water partition coefficient (Wildman–Crippen LogP) is 4.28. The molecule has 0 saturated heterocycles. The van der Waals surface area contributed by atoms with Gasteiger partial charge in [-0.3, -0.25) is 0 Å². The Hall–Kier alpha value is -3.07. The molecule has 150 valence electrons. The molecule has 2 N–H and O–H groups in total. The number of hydrogen-bond acceptors (Lipinski definition) is 5. The Bertz CT molecular complexity index is 1430. The SMILES string of the molecule is O=S(=O)(NCC(c1ccccc1)c1c[nH]c2ccccc12)c1cccc2nsnc12. The fourth-order valence-electron chi connectivity index (χ4n) is 3.74. The van der Waals surface area contributed by atoms with Crippen molar-refractivity contribution < 1.29 is 8.42 Å². The Morgan fingerprint density at radius 3 is 2.60 bits per heavy atom. The molecule has 2 heterocycles. The Kier molecular flexibility index (Phi) is 4.82. The number of aromatic nitrogens is 3. The van der Waals surface area contributed by atoms with Gasteiger partial charge in [0.05, 0.1) is 11.7 Å². The third kappa shape index (κ3) is 3.39. The minimum absolute atomic E-state index is 0.148. The molecule has 0 spiro atoms. The molecule has 0 bridgehead atoms. The van der Waals surface area contributed by atoms with Crippen molar-refractivity contribution in [3.8, 4) is 0 Å². The lowest BCUT2D eigenvalue weighted by Crippen LogP contribution is -2.29. The van der Waals surface area contributed by atoms with Gasteiger partial charge in [0.1, 0.15) is 15.9 Å². The van der Waals surface area contributed by atoms with Crippen LogP contribution in [0.3, 0.4) is 0 Å². The van der Waals surface area contributed by atoms with E-state index < -0.39 is 10.0 Å². The zero-order valence-electron chi connectivity index (χ0n) is 15.8. The smallest absolute Gasteiger partial charge is 0.242 e. The van der Waals surface area contributed by atoms with Crippen LogP contribution >= 0.6 is 11.7 Å². The lowest BCUT2D eigenvalue weighted by atomic mass is 9.91. The highest BCUT2D eigenvalue weighted by molar-refractivity contribution is 7.89. The number of para-hydroxylation sites is 1. The summed E-state index contributed by atoms with van der Waals surface area (Å²) in [5.74, 6) is -0.148. The fourth-order valence-corrected chi connectivity index (χ4v) is 5.56. The van der Waals surface area contributed by atoms with Gasteiger partial charge in [0.15, 0.2) is 0 Å². The van der Waals surface area contributed by atoms with Gasteiger partial charge in [-0.05, 0) is 29.3 Å². The van der Waals surface area contributed by atoms with E-state index in [9.17, 15) is 8.42 Å². The normalized spacial score (nSPS) is 13.1. The molecular weight excluding hydrogens is 416 g/mol. The maximum atomic E-state index is 13.1. The Balaban J connectivity index is 1.53. The molecule has 3 aromatic carbocycles. The predicted molar refractivity (Wildman–Crippen MR) is 119 cm³/mol. The molecule has 8 heteroatoms. The van der Waals surface area contributed by atoms with Crippen LogP contribution in [0.2, 0.25) is 0 Å². The van der Waals surface area contributed by atoms with Crippen LogP contribution in [-0.4, -0.2) is 28.7 Å². The van der Waals surface area contributed by atoms with Crippen LogP contribution in [0.5, 0.6) is 0 Å². The van der Waals surface area contributed by atoms with Gasteiger partial charge in [0, 0.05) is 29.6 Å². The molecule has 0 aliphatic rings. The number of aromatic amines is 1. The van der Waals surface area contributed by atoms with Crippen LogP contribution in [0.15, 0.2) is 83.9 Å². The van der Waals surface area contributed by atoms with Crippen LogP contribution < -0.4 is 4.72 Å². The molecule has 0 fully saturated rings. The quantitative estimate of drug-likeness (QED) is 0.417. The van der Waals surface area contributed by atoms with E-state index in [2.05, 4.69) is 18.5 Å². The fraction of sp³-hybridized carbons (Fsp3) is 0.0909. The molecule has 30 heavy (non-hydrogen) atoms. The first-order valence-electron chi connectivity index (χ1n) is 9.45. The van der Waals surface area contributed by atoms with Gasteiger partial charge >= 0.3 is 0 Å². The molecule has 5 rings (SSSR count). The van der Waals surface area contributed by atoms with Gasteiger partial charge in [0.25, 0.3) is 0 Å². The van der Waals surface area contributed by atoms with E-state index in [4.69, 9.17) is 0 Å². The van der Waals surface area contributed by atoms with E-state index in [1.165, 1.54) is 0 Å². The summed E-state index contributed by atoms with van der Waals surface area (Å²) in [5, 5.41) is 1.08. The molecule has 0 aliphatic heterocycles. The number of benzene rings is 3. The Morgan fingerprint density at radius 1 is 0.933 bits per heavy atom. The lowest BCUT2D eigenvalue weighted by molar-refractivity contribution is 0.578. The van der Waals surface area contributed by atoms with Crippen LogP contribution in [-0.2, 0) is 10.0 Å². The number of sulfonamides is 1. The van der Waals surface area contributed by atoms with Crippen molar-refractivity contribution in [3.63, 3.8) is 0 Å². The van der Waals surface area contributed by atoms with Gasteiger partial charge in [-0.15, -0.1) is 0 Å². The topological polar surface area (TPSA) is 87.7 Å². The van der Waals surface area contributed by atoms with E-state index in [0.29, 0.717) is 11.0 Å². The van der Waals surface area contributed by atoms with Gasteiger partial charge in [-0.25, -0.2) is 13.1 Å². The molecule has 2 aromatic heterocycles. The number of nitrogens with zero attached hydrogens (tertiary/aromatic N) is 2. The number of fused-ring (bicyclic) bond motifs is 2. The largest absolute Gasteiger partial charge is 0.361 e. The van der Waals surface area contributed by atoms with Crippen LogP contribution in [0.25, 0.3) is 21.9 Å². The summed E-state index contributed by atoms with van der Waals surface area (Å²) in [6.07, 6.45) is 1.96. The summed E-state index contributed by atoms with van der Waals surface area (Å²) in [5.41, 5.74) is 4.10. The molecule has 1 atom stereocenters. The second kappa shape index (κ2) is 7.64. The highest BCUT2D eigenvalue weighted by atomic mass is 32.2. The van der Waals surface area contributed by atoms with Gasteiger partial charge in [-0.2, -0.15) is 8.75 Å². The van der Waals surface area contributed by atoms with Gasteiger partial charge in [-0.1, -0.05) is 54.6 Å². The first-order chi connectivity index (χ1) is 14.6. The van der Waals surface area contributed by atoms with Crippen LogP contribution in [0.4, 0.5) is 0 Å². The van der Waals surface area contributed by atoms with Crippen LogP contribution in [0.1, 0.15) is 17.0 Å². The average Bonchev–Trinajstić information content (AvgIpc) is 3.42. The minimum Gasteiger partial charge on any atom is -0.361 e. The number of nitrogens with one attached hydrogen (secondary N) is 2. The van der Waals surface area contributed by atoms with E-state index in [1.54, 1.807) is 18.2 Å². The van der Waals surface area contributed by atoms with Crippen molar-refractivity contribution in [2.24, 2.45) is 0 Å². The van der Waals surface area contributed by atoms with Crippen molar-refractivity contribution in [2.75, 3.05) is 6.54 Å². The zero-order chi connectivity index (χ0) is 20.6. The third-order valence-corrected chi connectivity index (χ3v) is 7.21. The first-order valence-corrected chi connectivity index (χ1v) is 11.7. The molecule has 0 aliphatic carbocycles. The second-order valence-corrected chi connectivity index (χ2v) is 9.26. The number of H-pyrrole nitrogens is 1. The molecule has 1 unspecified atom stereocenters. The monoisotopic (exact) mass is 434 g/mol. The van der Waals surface area contributed by atoms with Crippen LogP contribution in [0, 0.1) is 0 Å². The second-order valence-electron chi connectivity index (χ2n) is 6.99. The minimum atomic E-state index is -3.76. The standard InChI is InChI=1S/C22H18N4O2S2/c27-30(28,21-12-6-11-20-22(21)26-29-25-20)24-14-17(15-7-2-1-3-8-15)18-13-23-19-10-5-4-9-16(18)19/h1-13,17,23-24H,14H2. The van der Waals surface area contributed by atoms with Crippen molar-refractivity contribution >= 4 is 43.7 Å². The van der Waals surface area contributed by atoms with E-state index >= 15 is 0 Å². The van der Waals surface area contributed by atoms with Gasteiger partial charge in [0.2, 0.25) is 10.0 Å². The molecule has 0 saturated carbocycles. The first kappa shape index (κ1) is 18.9. The van der Waals surface area contributed by atoms with Crippen molar-refractivity contribution in [3.05, 3.63) is 90.1 Å². The van der Waals surface area contributed by atoms with Gasteiger partial charge < -0.3 is 4.98 Å². The summed E-state index contributed by atoms with van der Waals surface area (Å²) in [6.45, 7) is 0.224. The molecular formula is C22H18N4O2S2. The average molecular weight is 435 g/mol. The Morgan fingerprint density at radius 2 is 1.73 bits per heavy atom. The highest BCUT2D eigenvalue weighted by Crippen LogP contribution is 2.31. The maximum Gasteiger partial charge on any atom is 0.242 e. The van der Waals surface area contributed by atoms with E-state index in [-0.39, 0.29) is 17.4 Å². The summed E-state index contributed by atoms with van der Waals surface area (Å²) in [7, 11) is -3.76. The zero-order valence-corrected chi connectivity index (χ0v) is 17.5. The molecule has 0 radical (unpaired) electrons. The molecule has 0 amide bonds. The van der Waals surface area contributed by atoms with E-state index in [1.807, 2.05) is 60.8 Å². The summed E-state index contributed by atoms with van der Waals surface area (Å²) >= 11 is 1.01. The molecule has 6 nitrogen and oxygen atoms in total. The van der Waals surface area contributed by atoms with Crippen molar-refractivity contribution in [1.82, 2.24) is 18.5 Å². The number of hydrogen-bond donors (Lipinski definition) is 2. The summed E-state index contributed by atoms with van der Waals surface area (Å²) in [4.78, 5) is 3.45.